The number of carbonyl (C=O) groups is 2. The molecule has 0 spiro atoms. The van der Waals surface area contributed by atoms with E-state index in [9.17, 15) is 32.9 Å². The van der Waals surface area contributed by atoms with E-state index in [0.717, 1.165) is 19.2 Å². The Morgan fingerprint density at radius 2 is 1.93 bits per heavy atom. The van der Waals surface area contributed by atoms with E-state index >= 15 is 0 Å². The van der Waals surface area contributed by atoms with Gasteiger partial charge < -0.3 is 19.5 Å². The molecule has 9 nitrogen and oxygen atoms in total. The second kappa shape index (κ2) is 9.91. The highest BCUT2D eigenvalue weighted by atomic mass is 79.9. The summed E-state index contributed by atoms with van der Waals surface area (Å²) in [6.07, 6.45) is 0. The van der Waals surface area contributed by atoms with Crippen LogP contribution in [0.15, 0.2) is 34.8 Å². The monoisotopic (exact) mass is 492 g/mol. The van der Waals surface area contributed by atoms with Crippen molar-refractivity contribution in [2.45, 2.75) is 6.61 Å². The topological polar surface area (TPSA) is 117 Å². The molecule has 0 aliphatic rings. The minimum absolute atomic E-state index is 0.180. The molecule has 0 heterocycles. The van der Waals surface area contributed by atoms with Gasteiger partial charge in [0.1, 0.15) is 11.4 Å². The molecule has 0 atom stereocenters. The third-order valence-electron chi connectivity index (χ3n) is 3.45. The lowest BCUT2D eigenvalue weighted by atomic mass is 10.1. The predicted octanol–water partition coefficient (Wildman–Crippen LogP) is 3.90. The van der Waals surface area contributed by atoms with E-state index in [2.05, 4.69) is 26.0 Å². The minimum Gasteiger partial charge on any atom is -0.493 e. The quantitative estimate of drug-likeness (QED) is 0.337. The summed E-state index contributed by atoms with van der Waals surface area (Å²) in [5.41, 5.74) is -1.75. The number of halogens is 4. The van der Waals surface area contributed by atoms with Crippen LogP contribution in [0.1, 0.15) is 10.4 Å². The third-order valence-corrected chi connectivity index (χ3v) is 3.95. The van der Waals surface area contributed by atoms with Crippen LogP contribution < -0.4 is 14.8 Å². The Kier molecular flexibility index (Phi) is 7.58. The van der Waals surface area contributed by atoms with Crippen LogP contribution in [-0.4, -0.2) is 37.1 Å². The molecule has 0 aliphatic carbocycles. The van der Waals surface area contributed by atoms with Gasteiger partial charge in [-0.1, -0.05) is 15.9 Å². The summed E-state index contributed by atoms with van der Waals surface area (Å²) in [5.74, 6) is -4.04. The molecule has 160 valence electrons. The first-order chi connectivity index (χ1) is 14.1. The van der Waals surface area contributed by atoms with Crippen molar-refractivity contribution >= 4 is 39.2 Å². The Morgan fingerprint density at radius 3 is 2.50 bits per heavy atom. The molecular formula is C17H12BrF3N2O7. The van der Waals surface area contributed by atoms with Crippen LogP contribution in [0, 0.1) is 15.9 Å². The molecule has 1 amide bonds. The maximum absolute atomic E-state index is 13.7. The summed E-state index contributed by atoms with van der Waals surface area (Å²) >= 11 is 3.05. The zero-order valence-electron chi connectivity index (χ0n) is 15.0. The van der Waals surface area contributed by atoms with Crippen LogP contribution in [0.5, 0.6) is 11.5 Å². The fourth-order valence-corrected chi connectivity index (χ4v) is 2.53. The van der Waals surface area contributed by atoms with Crippen molar-refractivity contribution < 1.29 is 41.9 Å². The number of nitrogens with zero attached hydrogens (tertiary/aromatic N) is 1. The van der Waals surface area contributed by atoms with Crippen LogP contribution in [0.3, 0.4) is 0 Å². The maximum Gasteiger partial charge on any atom is 0.387 e. The van der Waals surface area contributed by atoms with Gasteiger partial charge in [0.05, 0.1) is 23.8 Å². The van der Waals surface area contributed by atoms with E-state index in [-0.39, 0.29) is 5.69 Å². The van der Waals surface area contributed by atoms with Gasteiger partial charge >= 0.3 is 12.6 Å². The van der Waals surface area contributed by atoms with Crippen molar-refractivity contribution in [1.29, 1.82) is 0 Å². The Labute approximate surface area is 175 Å². The van der Waals surface area contributed by atoms with Gasteiger partial charge in [0.25, 0.3) is 11.6 Å². The first kappa shape index (κ1) is 22.9. The molecule has 0 saturated heterocycles. The molecule has 13 heteroatoms. The lowest BCUT2D eigenvalue weighted by molar-refractivity contribution is -0.385. The molecule has 0 unspecified atom stereocenters. The molecule has 0 radical (unpaired) electrons. The Morgan fingerprint density at radius 1 is 1.23 bits per heavy atom. The Hall–Kier alpha value is -3.35. The van der Waals surface area contributed by atoms with Crippen molar-refractivity contribution in [3.63, 3.8) is 0 Å². The largest absolute Gasteiger partial charge is 0.493 e. The van der Waals surface area contributed by atoms with Crippen molar-refractivity contribution in [3.05, 3.63) is 56.3 Å². The molecule has 0 saturated carbocycles. The standard InChI is InChI=1S/C17H12BrF3N2O7/c1-28-13-5-9(12(23(26)27)6-14(13)30-17(20)21)16(25)29-7-15(24)22-11-3-2-8(18)4-10(11)19/h2-6,17H,7H2,1H3,(H,22,24). The van der Waals surface area contributed by atoms with E-state index in [1.807, 2.05) is 0 Å². The predicted molar refractivity (Wildman–Crippen MR) is 99.3 cm³/mol. The molecule has 0 fully saturated rings. The smallest absolute Gasteiger partial charge is 0.387 e. The number of carbonyl (C=O) groups excluding carboxylic acids is 2. The molecule has 2 rings (SSSR count). The van der Waals surface area contributed by atoms with Crippen LogP contribution >= 0.6 is 15.9 Å². The number of amides is 1. The number of hydrogen-bond acceptors (Lipinski definition) is 7. The SMILES string of the molecule is COc1cc(C(=O)OCC(=O)Nc2ccc(Br)cc2F)c([N+](=O)[O-])cc1OC(F)F. The number of rotatable bonds is 8. The van der Waals surface area contributed by atoms with E-state index in [0.29, 0.717) is 10.5 Å². The van der Waals surface area contributed by atoms with Gasteiger partial charge in [-0.15, -0.1) is 0 Å². The van der Waals surface area contributed by atoms with Gasteiger partial charge in [-0.25, -0.2) is 9.18 Å². The number of methoxy groups -OCH3 is 1. The van der Waals surface area contributed by atoms with Crippen molar-refractivity contribution in [2.24, 2.45) is 0 Å². The highest BCUT2D eigenvalue weighted by molar-refractivity contribution is 9.10. The number of esters is 1. The Bertz CT molecular complexity index is 988. The average Bonchev–Trinajstić information content (AvgIpc) is 2.67. The number of ether oxygens (including phenoxy) is 3. The molecule has 1 N–H and O–H groups in total. The normalized spacial score (nSPS) is 10.5. The van der Waals surface area contributed by atoms with Gasteiger partial charge in [-0.3, -0.25) is 14.9 Å². The molecule has 0 aliphatic heterocycles. The minimum atomic E-state index is -3.29. The zero-order chi connectivity index (χ0) is 22.4. The highest BCUT2D eigenvalue weighted by Gasteiger charge is 2.27. The molecule has 30 heavy (non-hydrogen) atoms. The second-order valence-electron chi connectivity index (χ2n) is 5.40. The maximum atomic E-state index is 13.7. The first-order valence-corrected chi connectivity index (χ1v) is 8.65. The summed E-state index contributed by atoms with van der Waals surface area (Å²) in [6, 6.07) is 5.16. The third kappa shape index (κ3) is 5.83. The number of hydrogen-bond donors (Lipinski definition) is 1. The Balaban J connectivity index is 2.17. The number of nitro groups is 1. The van der Waals surface area contributed by atoms with Crippen molar-refractivity contribution in [3.8, 4) is 11.5 Å². The van der Waals surface area contributed by atoms with E-state index in [1.165, 1.54) is 12.1 Å². The van der Waals surface area contributed by atoms with Gasteiger partial charge in [0, 0.05) is 10.5 Å². The zero-order valence-corrected chi connectivity index (χ0v) is 16.6. The van der Waals surface area contributed by atoms with Crippen molar-refractivity contribution in [2.75, 3.05) is 19.0 Å². The summed E-state index contributed by atoms with van der Waals surface area (Å²) < 4.78 is 52.7. The van der Waals surface area contributed by atoms with Gasteiger partial charge in [-0.2, -0.15) is 8.78 Å². The van der Waals surface area contributed by atoms with Crippen LogP contribution in [0.25, 0.3) is 0 Å². The number of nitro benzene ring substituents is 1. The summed E-state index contributed by atoms with van der Waals surface area (Å²) in [4.78, 5) is 34.3. The number of alkyl halides is 2. The second-order valence-corrected chi connectivity index (χ2v) is 6.32. The number of nitrogens with one attached hydrogen (secondary N) is 1. The van der Waals surface area contributed by atoms with Crippen LogP contribution in [0.4, 0.5) is 24.5 Å². The molecule has 0 aromatic heterocycles. The fraction of sp³-hybridized carbons (Fsp3) is 0.176. The fourth-order valence-electron chi connectivity index (χ4n) is 2.20. The lowest BCUT2D eigenvalue weighted by Crippen LogP contribution is -2.22. The molecule has 0 bridgehead atoms. The summed E-state index contributed by atoms with van der Waals surface area (Å²) in [5, 5.41) is 13.4. The van der Waals surface area contributed by atoms with Gasteiger partial charge in [0.2, 0.25) is 0 Å². The van der Waals surface area contributed by atoms with Gasteiger partial charge in [-0.05, 0) is 18.2 Å². The van der Waals surface area contributed by atoms with Crippen LogP contribution in [-0.2, 0) is 9.53 Å². The van der Waals surface area contributed by atoms with Crippen molar-refractivity contribution in [1.82, 2.24) is 0 Å². The highest BCUT2D eigenvalue weighted by Crippen LogP contribution is 2.36. The molecule has 2 aromatic rings. The van der Waals surface area contributed by atoms with E-state index in [1.54, 1.807) is 0 Å². The molecule has 2 aromatic carbocycles. The first-order valence-electron chi connectivity index (χ1n) is 7.85. The van der Waals surface area contributed by atoms with Gasteiger partial charge in [0.15, 0.2) is 18.1 Å². The van der Waals surface area contributed by atoms with Crippen LogP contribution in [0.2, 0.25) is 0 Å². The van der Waals surface area contributed by atoms with E-state index < -0.39 is 58.6 Å². The lowest BCUT2D eigenvalue weighted by Gasteiger charge is -2.12. The number of anilines is 1. The van der Waals surface area contributed by atoms with E-state index in [4.69, 9.17) is 9.47 Å². The number of benzene rings is 2. The summed E-state index contributed by atoms with van der Waals surface area (Å²) in [6.45, 7) is -4.19. The molecular weight excluding hydrogens is 481 g/mol. The summed E-state index contributed by atoms with van der Waals surface area (Å²) in [7, 11) is 1.06. The average molecular weight is 493 g/mol.